The number of hydrogen-bond acceptors (Lipinski definition) is 1. The van der Waals surface area contributed by atoms with Gasteiger partial charge in [0.15, 0.2) is 0 Å². The van der Waals surface area contributed by atoms with Gasteiger partial charge in [0.2, 0.25) is 0 Å². The standard InChI is InChI=1S/C15H23FIN/c1-2-3-4-5-6-7-8-12-18-14-11-9-10-13(16)15(14)17/h9-11,18H,2-8,12H2,1H3. The van der Waals surface area contributed by atoms with Gasteiger partial charge >= 0.3 is 0 Å². The molecule has 1 aromatic rings. The van der Waals surface area contributed by atoms with Crippen molar-refractivity contribution in [1.29, 1.82) is 0 Å². The molecule has 0 aliphatic rings. The summed E-state index contributed by atoms with van der Waals surface area (Å²) in [6.07, 6.45) is 9.14. The Bertz CT molecular complexity index is 341. The van der Waals surface area contributed by atoms with Crippen LogP contribution in [0.4, 0.5) is 10.1 Å². The summed E-state index contributed by atoms with van der Waals surface area (Å²) >= 11 is 2.05. The fraction of sp³-hybridized carbons (Fsp3) is 0.600. The van der Waals surface area contributed by atoms with E-state index < -0.39 is 0 Å². The van der Waals surface area contributed by atoms with E-state index in [0.717, 1.165) is 12.2 Å². The SMILES string of the molecule is CCCCCCCCCNc1cccc(F)c1I. The summed E-state index contributed by atoms with van der Waals surface area (Å²) in [5.41, 5.74) is 0.918. The maximum atomic E-state index is 13.3. The lowest BCUT2D eigenvalue weighted by molar-refractivity contribution is 0.596. The predicted octanol–water partition coefficient (Wildman–Crippen LogP) is 5.59. The fourth-order valence-corrected chi connectivity index (χ4v) is 2.50. The van der Waals surface area contributed by atoms with Crippen molar-refractivity contribution in [1.82, 2.24) is 0 Å². The molecule has 0 atom stereocenters. The third kappa shape index (κ3) is 6.03. The van der Waals surface area contributed by atoms with Gasteiger partial charge in [0.05, 0.1) is 9.26 Å². The highest BCUT2D eigenvalue weighted by atomic mass is 127. The summed E-state index contributed by atoms with van der Waals surface area (Å²) < 4.78 is 14.0. The number of rotatable bonds is 9. The highest BCUT2D eigenvalue weighted by molar-refractivity contribution is 14.1. The number of halogens is 2. The van der Waals surface area contributed by atoms with E-state index in [4.69, 9.17) is 0 Å². The maximum Gasteiger partial charge on any atom is 0.138 e. The van der Waals surface area contributed by atoms with Gasteiger partial charge in [-0.2, -0.15) is 0 Å². The van der Waals surface area contributed by atoms with Gasteiger partial charge in [0.25, 0.3) is 0 Å². The van der Waals surface area contributed by atoms with Crippen LogP contribution in [0.2, 0.25) is 0 Å². The van der Waals surface area contributed by atoms with Gasteiger partial charge in [-0.15, -0.1) is 0 Å². The first-order chi connectivity index (χ1) is 8.75. The highest BCUT2D eigenvalue weighted by Gasteiger charge is 2.03. The van der Waals surface area contributed by atoms with Crippen molar-refractivity contribution >= 4 is 28.3 Å². The Morgan fingerprint density at radius 3 is 2.44 bits per heavy atom. The van der Waals surface area contributed by atoms with Crippen molar-refractivity contribution in [3.05, 3.63) is 27.6 Å². The molecule has 0 saturated carbocycles. The second-order valence-corrected chi connectivity index (χ2v) is 5.73. The summed E-state index contributed by atoms with van der Waals surface area (Å²) in [5, 5.41) is 3.31. The zero-order valence-electron chi connectivity index (χ0n) is 11.1. The number of anilines is 1. The lowest BCUT2D eigenvalue weighted by Crippen LogP contribution is -2.03. The largest absolute Gasteiger partial charge is 0.384 e. The van der Waals surface area contributed by atoms with Crippen molar-refractivity contribution in [3.63, 3.8) is 0 Å². The first-order valence-corrected chi connectivity index (χ1v) is 8.01. The molecule has 0 heterocycles. The fourth-order valence-electron chi connectivity index (χ4n) is 1.95. The van der Waals surface area contributed by atoms with Crippen molar-refractivity contribution in [2.75, 3.05) is 11.9 Å². The Balaban J connectivity index is 2.09. The molecule has 0 fully saturated rings. The minimum atomic E-state index is -0.139. The zero-order chi connectivity index (χ0) is 13.2. The van der Waals surface area contributed by atoms with Crippen LogP contribution in [0, 0.1) is 9.39 Å². The molecule has 0 aromatic heterocycles. The van der Waals surface area contributed by atoms with Gasteiger partial charge in [-0.05, 0) is 41.1 Å². The van der Waals surface area contributed by atoms with Crippen LogP contribution >= 0.6 is 22.6 Å². The molecular weight excluding hydrogens is 340 g/mol. The number of benzene rings is 1. The second-order valence-electron chi connectivity index (χ2n) is 4.65. The Kier molecular flexibility index (Phi) is 8.38. The summed E-state index contributed by atoms with van der Waals surface area (Å²) in [6, 6.07) is 5.19. The van der Waals surface area contributed by atoms with E-state index in [1.807, 2.05) is 6.07 Å². The molecule has 0 saturated heterocycles. The van der Waals surface area contributed by atoms with E-state index in [-0.39, 0.29) is 5.82 Å². The molecule has 1 N–H and O–H groups in total. The summed E-state index contributed by atoms with van der Waals surface area (Å²) in [5.74, 6) is -0.139. The molecule has 18 heavy (non-hydrogen) atoms. The van der Waals surface area contributed by atoms with Gasteiger partial charge in [-0.3, -0.25) is 0 Å². The third-order valence-corrected chi connectivity index (χ3v) is 4.14. The van der Waals surface area contributed by atoms with Crippen LogP contribution in [-0.4, -0.2) is 6.54 Å². The average molecular weight is 363 g/mol. The number of nitrogens with one attached hydrogen (secondary N) is 1. The molecule has 0 radical (unpaired) electrons. The van der Waals surface area contributed by atoms with Crippen molar-refractivity contribution in [2.45, 2.75) is 51.9 Å². The molecule has 1 aromatic carbocycles. The maximum absolute atomic E-state index is 13.3. The molecule has 3 heteroatoms. The molecule has 1 rings (SSSR count). The lowest BCUT2D eigenvalue weighted by Gasteiger charge is -2.08. The minimum absolute atomic E-state index is 0.139. The Morgan fingerprint density at radius 2 is 1.72 bits per heavy atom. The molecule has 0 aliphatic heterocycles. The van der Waals surface area contributed by atoms with Gasteiger partial charge in [-0.1, -0.05) is 51.5 Å². The first kappa shape index (κ1) is 15.7. The van der Waals surface area contributed by atoms with E-state index in [9.17, 15) is 4.39 Å². The van der Waals surface area contributed by atoms with Crippen LogP contribution in [0.15, 0.2) is 18.2 Å². The number of hydrogen-bond donors (Lipinski definition) is 1. The second kappa shape index (κ2) is 9.59. The molecule has 0 spiro atoms. The van der Waals surface area contributed by atoms with E-state index in [0.29, 0.717) is 3.57 Å². The van der Waals surface area contributed by atoms with Crippen LogP contribution < -0.4 is 5.32 Å². The van der Waals surface area contributed by atoms with Crippen molar-refractivity contribution < 1.29 is 4.39 Å². The van der Waals surface area contributed by atoms with Crippen LogP contribution in [0.5, 0.6) is 0 Å². The smallest absolute Gasteiger partial charge is 0.138 e. The number of unbranched alkanes of at least 4 members (excludes halogenated alkanes) is 6. The van der Waals surface area contributed by atoms with Crippen LogP contribution in [-0.2, 0) is 0 Å². The molecule has 0 unspecified atom stereocenters. The van der Waals surface area contributed by atoms with Gasteiger partial charge in [-0.25, -0.2) is 4.39 Å². The highest BCUT2D eigenvalue weighted by Crippen LogP contribution is 2.20. The van der Waals surface area contributed by atoms with Crippen LogP contribution in [0.25, 0.3) is 0 Å². The van der Waals surface area contributed by atoms with E-state index >= 15 is 0 Å². The van der Waals surface area contributed by atoms with Crippen molar-refractivity contribution in [2.24, 2.45) is 0 Å². The van der Waals surface area contributed by atoms with Gasteiger partial charge < -0.3 is 5.32 Å². The monoisotopic (exact) mass is 363 g/mol. The first-order valence-electron chi connectivity index (χ1n) is 6.93. The van der Waals surface area contributed by atoms with Crippen LogP contribution in [0.1, 0.15) is 51.9 Å². The topological polar surface area (TPSA) is 12.0 Å². The molecule has 0 amide bonds. The van der Waals surface area contributed by atoms with Crippen LogP contribution in [0.3, 0.4) is 0 Å². The predicted molar refractivity (Wildman–Crippen MR) is 85.6 cm³/mol. The van der Waals surface area contributed by atoms with E-state index in [1.54, 1.807) is 6.07 Å². The average Bonchev–Trinajstić information content (AvgIpc) is 2.37. The molecule has 0 bridgehead atoms. The summed E-state index contributed by atoms with van der Waals surface area (Å²) in [4.78, 5) is 0. The molecular formula is C15H23FIN. The normalized spacial score (nSPS) is 10.6. The van der Waals surface area contributed by atoms with E-state index in [2.05, 4.69) is 34.8 Å². The van der Waals surface area contributed by atoms with E-state index in [1.165, 1.54) is 51.0 Å². The minimum Gasteiger partial charge on any atom is -0.384 e. The Hall–Kier alpha value is -0.320. The van der Waals surface area contributed by atoms with Crippen molar-refractivity contribution in [3.8, 4) is 0 Å². The molecule has 102 valence electrons. The Morgan fingerprint density at radius 1 is 1.06 bits per heavy atom. The lowest BCUT2D eigenvalue weighted by atomic mass is 10.1. The molecule has 0 aliphatic carbocycles. The van der Waals surface area contributed by atoms with Gasteiger partial charge in [0, 0.05) is 6.54 Å². The summed E-state index contributed by atoms with van der Waals surface area (Å²) in [6.45, 7) is 3.18. The molecule has 1 nitrogen and oxygen atoms in total. The Labute approximate surface area is 124 Å². The quantitative estimate of drug-likeness (QED) is 0.445. The van der Waals surface area contributed by atoms with Gasteiger partial charge in [0.1, 0.15) is 5.82 Å². The summed E-state index contributed by atoms with van der Waals surface area (Å²) in [7, 11) is 0. The zero-order valence-corrected chi connectivity index (χ0v) is 13.3. The third-order valence-electron chi connectivity index (χ3n) is 3.05.